The fourth-order valence-corrected chi connectivity index (χ4v) is 7.04. The number of nitrogen functional groups attached to an aromatic ring is 1. The number of likely N-dealkylation sites (tertiary alicyclic amines) is 2. The van der Waals surface area contributed by atoms with Crippen LogP contribution in [0.4, 0.5) is 16.4 Å². The number of aromatic nitrogens is 2. The van der Waals surface area contributed by atoms with Crippen molar-refractivity contribution in [2.24, 2.45) is 0 Å². The Balaban J connectivity index is 1.28. The van der Waals surface area contributed by atoms with Crippen molar-refractivity contribution in [3.8, 4) is 11.1 Å². The van der Waals surface area contributed by atoms with E-state index < -0.39 is 20.7 Å². The Hall–Kier alpha value is -2.96. The number of carbonyl (C=O) groups is 1. The van der Waals surface area contributed by atoms with E-state index in [2.05, 4.69) is 19.8 Å². The summed E-state index contributed by atoms with van der Waals surface area (Å²) in [5, 5.41) is -0.475. The van der Waals surface area contributed by atoms with Crippen molar-refractivity contribution in [3.05, 3.63) is 30.6 Å². The molecule has 3 aliphatic rings. The lowest BCUT2D eigenvalue weighted by Crippen LogP contribution is -2.60. The highest BCUT2D eigenvalue weighted by molar-refractivity contribution is 7.92. The van der Waals surface area contributed by atoms with Gasteiger partial charge in [0.25, 0.3) is 0 Å². The molecule has 12 heteroatoms. The van der Waals surface area contributed by atoms with E-state index in [4.69, 9.17) is 15.2 Å². The number of nitrogens with zero attached hydrogens (tertiary/aromatic N) is 5. The quantitative estimate of drug-likeness (QED) is 0.584. The largest absolute Gasteiger partial charge is 0.444 e. The van der Waals surface area contributed by atoms with E-state index >= 15 is 0 Å². The van der Waals surface area contributed by atoms with Gasteiger partial charge in [0.15, 0.2) is 9.84 Å². The van der Waals surface area contributed by atoms with Gasteiger partial charge in [0.2, 0.25) is 5.95 Å². The van der Waals surface area contributed by atoms with E-state index in [1.807, 2.05) is 26.8 Å². The third kappa shape index (κ3) is 6.28. The minimum absolute atomic E-state index is 0.169. The maximum absolute atomic E-state index is 13.8. The Morgan fingerprint density at radius 3 is 2.26 bits per heavy atom. The molecule has 3 saturated heterocycles. The smallest absolute Gasteiger partial charge is 0.410 e. The first-order chi connectivity index (χ1) is 18.5. The van der Waals surface area contributed by atoms with Crippen molar-refractivity contribution < 1.29 is 22.7 Å². The number of amides is 1. The Bertz CT molecular complexity index is 1280. The molecule has 0 saturated carbocycles. The van der Waals surface area contributed by atoms with Gasteiger partial charge in [-0.25, -0.2) is 23.2 Å². The van der Waals surface area contributed by atoms with Crippen LogP contribution in [-0.2, 0) is 19.3 Å². The normalized spacial score (nSPS) is 20.1. The van der Waals surface area contributed by atoms with Gasteiger partial charge in [-0.3, -0.25) is 4.90 Å². The van der Waals surface area contributed by atoms with E-state index in [1.54, 1.807) is 29.4 Å². The van der Waals surface area contributed by atoms with Crippen LogP contribution in [-0.4, -0.2) is 104 Å². The van der Waals surface area contributed by atoms with Crippen molar-refractivity contribution in [2.45, 2.75) is 55.4 Å². The van der Waals surface area contributed by atoms with Crippen molar-refractivity contribution >= 4 is 27.6 Å². The number of hydrogen-bond donors (Lipinski definition) is 1. The number of anilines is 2. The van der Waals surface area contributed by atoms with E-state index in [1.165, 1.54) is 0 Å². The van der Waals surface area contributed by atoms with Crippen LogP contribution in [0.15, 0.2) is 35.5 Å². The second-order valence-corrected chi connectivity index (χ2v) is 13.7. The van der Waals surface area contributed by atoms with Gasteiger partial charge < -0.3 is 25.0 Å². The minimum Gasteiger partial charge on any atom is -0.444 e. The Labute approximate surface area is 230 Å². The van der Waals surface area contributed by atoms with Crippen LogP contribution in [0.2, 0.25) is 0 Å². The van der Waals surface area contributed by atoms with Crippen molar-refractivity contribution in [2.75, 3.05) is 63.1 Å². The van der Waals surface area contributed by atoms with Gasteiger partial charge in [0.05, 0.1) is 23.4 Å². The van der Waals surface area contributed by atoms with Crippen LogP contribution in [0.5, 0.6) is 0 Å². The molecule has 1 aromatic heterocycles. The summed E-state index contributed by atoms with van der Waals surface area (Å²) in [6.45, 7) is 10.4. The maximum Gasteiger partial charge on any atom is 0.410 e. The summed E-state index contributed by atoms with van der Waals surface area (Å²) in [7, 11) is -3.57. The zero-order chi connectivity index (χ0) is 27.8. The number of hydrogen-bond acceptors (Lipinski definition) is 10. The molecule has 0 aliphatic carbocycles. The van der Waals surface area contributed by atoms with Crippen LogP contribution < -0.4 is 10.6 Å². The highest BCUT2D eigenvalue weighted by atomic mass is 32.2. The molecule has 39 heavy (non-hydrogen) atoms. The summed E-state index contributed by atoms with van der Waals surface area (Å²) in [6.07, 6.45) is 4.56. The van der Waals surface area contributed by atoms with Gasteiger partial charge in [-0.1, -0.05) is 0 Å². The summed E-state index contributed by atoms with van der Waals surface area (Å²) in [5.74, 6) is 0.169. The molecule has 3 aliphatic heterocycles. The van der Waals surface area contributed by atoms with Crippen LogP contribution >= 0.6 is 0 Å². The molecule has 2 aromatic rings. The van der Waals surface area contributed by atoms with Crippen LogP contribution in [0.25, 0.3) is 11.1 Å². The molecule has 0 bridgehead atoms. The number of ether oxygens (including phenoxy) is 2. The SMILES string of the molecule is CC(C)(C)OC(=O)N1CCC(N2CC(S(=O)(=O)c3cc(-c4cnc(N)nc4)cc(N4CCOCC4)c3)C2)CC1. The lowest BCUT2D eigenvalue weighted by molar-refractivity contribution is 0.00957. The van der Waals surface area contributed by atoms with E-state index in [9.17, 15) is 13.2 Å². The average molecular weight is 559 g/mol. The lowest BCUT2D eigenvalue weighted by atomic mass is 10.00. The number of morpholine rings is 1. The van der Waals surface area contributed by atoms with Crippen molar-refractivity contribution in [3.63, 3.8) is 0 Å². The Kier molecular flexibility index (Phi) is 7.71. The van der Waals surface area contributed by atoms with E-state index in [-0.39, 0.29) is 18.1 Å². The molecule has 1 aromatic carbocycles. The predicted molar refractivity (Wildman–Crippen MR) is 148 cm³/mol. The number of rotatable bonds is 5. The van der Waals surface area contributed by atoms with Crippen LogP contribution in [0.3, 0.4) is 0 Å². The Morgan fingerprint density at radius 1 is 1.00 bits per heavy atom. The van der Waals surface area contributed by atoms with Gasteiger partial charge >= 0.3 is 6.09 Å². The standard InChI is InChI=1S/C27H38N6O5S/c1-27(2,3)38-26(34)32-6-4-21(5-7-32)33-17-24(18-33)39(35,36)23-13-19(20-15-29-25(28)30-16-20)12-22(14-23)31-8-10-37-11-9-31/h12-16,21,24H,4-11,17-18H2,1-3H3,(H2,28,29,30). The molecule has 0 atom stereocenters. The minimum atomic E-state index is -3.57. The zero-order valence-corrected chi connectivity index (χ0v) is 23.7. The summed E-state index contributed by atoms with van der Waals surface area (Å²) in [5.41, 5.74) is 7.44. The van der Waals surface area contributed by atoms with Gasteiger partial charge in [0, 0.05) is 69.0 Å². The molecule has 4 heterocycles. The fraction of sp³-hybridized carbons (Fsp3) is 0.593. The molecular formula is C27H38N6O5S. The third-order valence-electron chi connectivity index (χ3n) is 7.55. The molecule has 212 valence electrons. The summed E-state index contributed by atoms with van der Waals surface area (Å²) >= 11 is 0. The molecule has 2 N–H and O–H groups in total. The monoisotopic (exact) mass is 558 g/mol. The van der Waals surface area contributed by atoms with E-state index in [0.717, 1.165) is 24.1 Å². The zero-order valence-electron chi connectivity index (χ0n) is 22.9. The highest BCUT2D eigenvalue weighted by Gasteiger charge is 2.42. The second-order valence-electron chi connectivity index (χ2n) is 11.5. The number of sulfone groups is 1. The molecule has 11 nitrogen and oxygen atoms in total. The first-order valence-corrected chi connectivity index (χ1v) is 15.1. The highest BCUT2D eigenvalue weighted by Crippen LogP contribution is 2.34. The van der Waals surface area contributed by atoms with Crippen LogP contribution in [0, 0.1) is 0 Å². The first-order valence-electron chi connectivity index (χ1n) is 13.5. The fourth-order valence-electron chi connectivity index (χ4n) is 5.30. The molecule has 1 amide bonds. The molecular weight excluding hydrogens is 520 g/mol. The number of carbonyl (C=O) groups excluding carboxylic acids is 1. The number of benzene rings is 1. The van der Waals surface area contributed by atoms with Gasteiger partial charge in [-0.15, -0.1) is 0 Å². The first kappa shape index (κ1) is 27.6. The topological polar surface area (TPSA) is 131 Å². The maximum atomic E-state index is 13.8. The molecule has 0 radical (unpaired) electrons. The predicted octanol–water partition coefficient (Wildman–Crippen LogP) is 2.42. The summed E-state index contributed by atoms with van der Waals surface area (Å²) in [6, 6.07) is 5.74. The number of piperidine rings is 1. The average Bonchev–Trinajstić information content (AvgIpc) is 2.88. The van der Waals surface area contributed by atoms with Crippen molar-refractivity contribution in [1.82, 2.24) is 19.8 Å². The lowest BCUT2D eigenvalue weighted by Gasteiger charge is -2.46. The third-order valence-corrected chi connectivity index (χ3v) is 9.62. The molecule has 5 rings (SSSR count). The summed E-state index contributed by atoms with van der Waals surface area (Å²) < 4.78 is 38.6. The molecule has 3 fully saturated rings. The van der Waals surface area contributed by atoms with Gasteiger partial charge in [-0.2, -0.15) is 0 Å². The van der Waals surface area contributed by atoms with Gasteiger partial charge in [0.1, 0.15) is 5.60 Å². The number of nitrogens with two attached hydrogens (primary N) is 1. The molecule has 0 unspecified atom stereocenters. The summed E-state index contributed by atoms with van der Waals surface area (Å²) in [4.78, 5) is 27.0. The molecule has 0 spiro atoms. The van der Waals surface area contributed by atoms with E-state index in [0.29, 0.717) is 62.9 Å². The van der Waals surface area contributed by atoms with Crippen molar-refractivity contribution in [1.29, 1.82) is 0 Å². The second kappa shape index (κ2) is 10.9. The Morgan fingerprint density at radius 2 is 1.64 bits per heavy atom. The van der Waals surface area contributed by atoms with Crippen LogP contribution in [0.1, 0.15) is 33.6 Å². The van der Waals surface area contributed by atoms with Gasteiger partial charge in [-0.05, 0) is 57.4 Å².